The average Bonchev–Trinajstić information content (AvgIpc) is 3.72. The van der Waals surface area contributed by atoms with Gasteiger partial charge in [-0.05, 0) is 48.5 Å². The van der Waals surface area contributed by atoms with Gasteiger partial charge in [-0.2, -0.15) is 0 Å². The van der Waals surface area contributed by atoms with Crippen LogP contribution in [0.3, 0.4) is 0 Å². The molecule has 3 aromatic carbocycles. The lowest BCUT2D eigenvalue weighted by atomic mass is 9.95. The van der Waals surface area contributed by atoms with Gasteiger partial charge in [0.25, 0.3) is 0 Å². The number of halogens is 2. The summed E-state index contributed by atoms with van der Waals surface area (Å²) in [5.41, 5.74) is 1.78. The molecule has 10 nitrogen and oxygen atoms in total. The predicted molar refractivity (Wildman–Crippen MR) is 175 cm³/mol. The molecule has 45 heavy (non-hydrogen) atoms. The Morgan fingerprint density at radius 3 is 2.56 bits per heavy atom. The quantitative estimate of drug-likeness (QED) is 0.222. The second-order valence-electron chi connectivity index (χ2n) is 11.1. The number of piperazine rings is 1. The van der Waals surface area contributed by atoms with Crippen LogP contribution in [0.4, 0.5) is 16.2 Å². The third-order valence-electron chi connectivity index (χ3n) is 7.99. The maximum Gasteiger partial charge on any atom is 0.319 e. The highest BCUT2D eigenvalue weighted by Crippen LogP contribution is 2.39. The van der Waals surface area contributed by atoms with Crippen LogP contribution in [0.1, 0.15) is 5.56 Å². The highest BCUT2D eigenvalue weighted by Gasteiger charge is 2.45. The second kappa shape index (κ2) is 14.5. The standard InChI is InChI=1S/C33H36Cl2N6O4/c34-25-6-11-29(30(35)20-25)33(23-44-31(45-33)21-40-14-12-36-24-40)22-43-28-9-7-27(8-10-28)41-18-16-39(17-19-41)15-13-37-32(42)38-26-4-2-1-3-5-26/h1-12,14,20,24,31H,13,15-19,21-23H2,(H2,37,38,42). The van der Waals surface area contributed by atoms with Gasteiger partial charge in [0.15, 0.2) is 11.9 Å². The van der Waals surface area contributed by atoms with E-state index in [1.165, 1.54) is 0 Å². The number of ether oxygens (including phenoxy) is 3. The van der Waals surface area contributed by atoms with Crippen LogP contribution in [-0.4, -0.2) is 79.3 Å². The molecule has 0 radical (unpaired) electrons. The third kappa shape index (κ3) is 8.08. The molecule has 2 atom stereocenters. The zero-order chi connectivity index (χ0) is 31.1. The van der Waals surface area contributed by atoms with E-state index in [9.17, 15) is 4.79 Å². The topological polar surface area (TPSA) is 93.1 Å². The Balaban J connectivity index is 0.996. The lowest BCUT2D eigenvalue weighted by Gasteiger charge is -2.36. The summed E-state index contributed by atoms with van der Waals surface area (Å²) >= 11 is 12.8. The monoisotopic (exact) mass is 650 g/mol. The number of urea groups is 1. The van der Waals surface area contributed by atoms with Crippen molar-refractivity contribution in [2.45, 2.75) is 18.4 Å². The van der Waals surface area contributed by atoms with Crippen LogP contribution in [0.15, 0.2) is 91.5 Å². The fraction of sp³-hybridized carbons (Fsp3) is 0.333. The van der Waals surface area contributed by atoms with Crippen molar-refractivity contribution in [1.29, 1.82) is 0 Å². The van der Waals surface area contributed by atoms with Crippen molar-refractivity contribution in [1.82, 2.24) is 19.8 Å². The van der Waals surface area contributed by atoms with Crippen molar-refractivity contribution in [3.8, 4) is 5.75 Å². The largest absolute Gasteiger partial charge is 0.490 e. The Morgan fingerprint density at radius 2 is 1.82 bits per heavy atom. The van der Waals surface area contributed by atoms with E-state index in [2.05, 4.69) is 37.6 Å². The SMILES string of the molecule is O=C(NCCN1CCN(c2ccc(OCC3(c4ccc(Cl)cc4Cl)COC(Cn4ccnc4)O3)cc2)CC1)Nc1ccccc1. The van der Waals surface area contributed by atoms with E-state index < -0.39 is 11.9 Å². The molecule has 0 bridgehead atoms. The molecule has 2 fully saturated rings. The smallest absolute Gasteiger partial charge is 0.319 e. The van der Waals surface area contributed by atoms with Crippen molar-refractivity contribution in [2.75, 3.05) is 62.7 Å². The van der Waals surface area contributed by atoms with E-state index in [1.54, 1.807) is 24.7 Å². The first-order chi connectivity index (χ1) is 22.0. The summed E-state index contributed by atoms with van der Waals surface area (Å²) in [6, 6.07) is 22.7. The zero-order valence-electron chi connectivity index (χ0n) is 24.8. The number of nitrogens with one attached hydrogen (secondary N) is 2. The lowest BCUT2D eigenvalue weighted by molar-refractivity contribution is -0.111. The van der Waals surface area contributed by atoms with Crippen LogP contribution >= 0.6 is 23.2 Å². The van der Waals surface area contributed by atoms with Crippen LogP contribution < -0.4 is 20.3 Å². The molecule has 12 heteroatoms. The van der Waals surface area contributed by atoms with Crippen LogP contribution in [0.25, 0.3) is 0 Å². The number of rotatable bonds is 11. The minimum absolute atomic E-state index is 0.189. The average molecular weight is 652 g/mol. The molecule has 4 aromatic rings. The summed E-state index contributed by atoms with van der Waals surface area (Å²) in [5.74, 6) is 0.725. The molecule has 1 aromatic heterocycles. The molecule has 2 amide bonds. The van der Waals surface area contributed by atoms with Gasteiger partial charge in [-0.3, -0.25) is 4.90 Å². The summed E-state index contributed by atoms with van der Waals surface area (Å²) in [6.45, 7) is 6.02. The first-order valence-corrected chi connectivity index (χ1v) is 15.7. The Bertz CT molecular complexity index is 1530. The number of para-hydroxylation sites is 1. The van der Waals surface area contributed by atoms with E-state index in [-0.39, 0.29) is 19.2 Å². The van der Waals surface area contributed by atoms with E-state index in [0.29, 0.717) is 23.1 Å². The number of imidazole rings is 1. The van der Waals surface area contributed by atoms with Crippen LogP contribution in [0.5, 0.6) is 5.75 Å². The summed E-state index contributed by atoms with van der Waals surface area (Å²) in [4.78, 5) is 21.0. The number of amides is 2. The van der Waals surface area contributed by atoms with Crippen molar-refractivity contribution < 1.29 is 19.0 Å². The summed E-state index contributed by atoms with van der Waals surface area (Å²) in [7, 11) is 0. The Morgan fingerprint density at radius 1 is 1.02 bits per heavy atom. The fourth-order valence-electron chi connectivity index (χ4n) is 5.56. The Labute approximate surface area is 272 Å². The van der Waals surface area contributed by atoms with Crippen molar-refractivity contribution >= 4 is 40.6 Å². The number of hydrogen-bond acceptors (Lipinski definition) is 7. The number of anilines is 2. The first-order valence-electron chi connectivity index (χ1n) is 15.0. The molecule has 3 heterocycles. The van der Waals surface area contributed by atoms with E-state index >= 15 is 0 Å². The molecule has 2 N–H and O–H groups in total. The van der Waals surface area contributed by atoms with Crippen molar-refractivity contribution in [2.24, 2.45) is 0 Å². The third-order valence-corrected chi connectivity index (χ3v) is 8.54. The van der Waals surface area contributed by atoms with Gasteiger partial charge in [-0.25, -0.2) is 9.78 Å². The molecular weight excluding hydrogens is 615 g/mol. The van der Waals surface area contributed by atoms with Crippen molar-refractivity contribution in [3.63, 3.8) is 0 Å². The second-order valence-corrected chi connectivity index (χ2v) is 11.9. The molecule has 236 valence electrons. The zero-order valence-corrected chi connectivity index (χ0v) is 26.3. The first kappa shape index (κ1) is 31.2. The fourth-order valence-corrected chi connectivity index (χ4v) is 6.15. The molecule has 2 aliphatic rings. The lowest BCUT2D eigenvalue weighted by Crippen LogP contribution is -2.48. The van der Waals surface area contributed by atoms with Gasteiger partial charge in [-0.1, -0.05) is 47.5 Å². The van der Waals surface area contributed by atoms with Gasteiger partial charge in [0.2, 0.25) is 0 Å². The predicted octanol–water partition coefficient (Wildman–Crippen LogP) is 5.48. The molecule has 2 unspecified atom stereocenters. The molecular formula is C33H36Cl2N6O4. The highest BCUT2D eigenvalue weighted by molar-refractivity contribution is 6.35. The van der Waals surface area contributed by atoms with E-state index in [0.717, 1.165) is 55.4 Å². The van der Waals surface area contributed by atoms with Crippen molar-refractivity contribution in [3.05, 3.63) is 107 Å². The van der Waals surface area contributed by atoms with Gasteiger partial charge < -0.3 is 34.3 Å². The maximum absolute atomic E-state index is 12.1. The summed E-state index contributed by atoms with van der Waals surface area (Å²) in [5, 5.41) is 6.83. The van der Waals surface area contributed by atoms with Gasteiger partial charge in [0, 0.05) is 78.6 Å². The van der Waals surface area contributed by atoms with E-state index in [4.69, 9.17) is 37.4 Å². The van der Waals surface area contributed by atoms with Gasteiger partial charge >= 0.3 is 6.03 Å². The number of carbonyl (C=O) groups is 1. The van der Waals surface area contributed by atoms with Crippen LogP contribution in [-0.2, 0) is 21.6 Å². The normalized spacial score (nSPS) is 20.2. The molecule has 0 spiro atoms. The minimum atomic E-state index is -0.904. The summed E-state index contributed by atoms with van der Waals surface area (Å²) in [6.07, 6.45) is 4.83. The van der Waals surface area contributed by atoms with E-state index in [1.807, 2.05) is 59.3 Å². The molecule has 6 rings (SSSR count). The van der Waals surface area contributed by atoms with Gasteiger partial charge in [0.1, 0.15) is 12.4 Å². The van der Waals surface area contributed by atoms with Gasteiger partial charge in [-0.15, -0.1) is 0 Å². The number of aromatic nitrogens is 2. The molecule has 2 saturated heterocycles. The Kier molecular flexibility index (Phi) is 10.1. The maximum atomic E-state index is 12.1. The molecule has 2 aliphatic heterocycles. The number of carbonyl (C=O) groups excluding carboxylic acids is 1. The Hall–Kier alpha value is -3.80. The molecule has 0 aliphatic carbocycles. The minimum Gasteiger partial charge on any atom is -0.490 e. The van der Waals surface area contributed by atoms with Gasteiger partial charge in [0.05, 0.1) is 19.5 Å². The van der Waals surface area contributed by atoms with Crippen LogP contribution in [0.2, 0.25) is 10.0 Å². The number of benzene rings is 3. The van der Waals surface area contributed by atoms with Crippen LogP contribution in [0, 0.1) is 0 Å². The molecule has 0 saturated carbocycles. The highest BCUT2D eigenvalue weighted by atomic mass is 35.5. The number of nitrogens with zero attached hydrogens (tertiary/aromatic N) is 4. The summed E-state index contributed by atoms with van der Waals surface area (Å²) < 4.78 is 20.7. The number of hydrogen-bond donors (Lipinski definition) is 2.